The van der Waals surface area contributed by atoms with Gasteiger partial charge in [-0.2, -0.15) is 26.3 Å². The zero-order valence-corrected chi connectivity index (χ0v) is 10.4. The van der Waals surface area contributed by atoms with E-state index in [4.69, 9.17) is 0 Å². The van der Waals surface area contributed by atoms with Gasteiger partial charge in [0.2, 0.25) is 0 Å². The van der Waals surface area contributed by atoms with Gasteiger partial charge in [-0.1, -0.05) is 13.2 Å². The lowest BCUT2D eigenvalue weighted by atomic mass is 10.1. The van der Waals surface area contributed by atoms with Crippen LogP contribution in [0.3, 0.4) is 0 Å². The Morgan fingerprint density at radius 1 is 0.952 bits per heavy atom. The zero-order valence-electron chi connectivity index (χ0n) is 10.4. The molecule has 0 aliphatic heterocycles. The highest BCUT2D eigenvalue weighted by atomic mass is 19.3. The van der Waals surface area contributed by atoms with Crippen LogP contribution in [0.1, 0.15) is 6.42 Å². The molecule has 0 bridgehead atoms. The number of carbonyl (C=O) groups excluding carboxylic acids is 2. The number of carbonyl (C=O) groups is 2. The van der Waals surface area contributed by atoms with E-state index in [0.29, 0.717) is 6.08 Å². The minimum Gasteiger partial charge on any atom is -0.462 e. The first kappa shape index (κ1) is 19.0. The first-order valence-corrected chi connectivity index (χ1v) is 5.19. The Bertz CT molecular complexity index is 432. The van der Waals surface area contributed by atoms with Gasteiger partial charge in [0.25, 0.3) is 0 Å². The van der Waals surface area contributed by atoms with Crippen molar-refractivity contribution in [3.05, 3.63) is 25.3 Å². The second-order valence-electron chi connectivity index (χ2n) is 3.54. The summed E-state index contributed by atoms with van der Waals surface area (Å²) in [5, 5.41) is 0. The lowest BCUT2D eigenvalue weighted by molar-refractivity contribution is -0.385. The minimum absolute atomic E-state index is 0.105. The molecule has 0 aromatic carbocycles. The first-order chi connectivity index (χ1) is 9.41. The molecule has 0 fully saturated rings. The molecular formula is C11H10F6O4. The monoisotopic (exact) mass is 320 g/mol. The lowest BCUT2D eigenvalue weighted by Gasteiger charge is -2.31. The van der Waals surface area contributed by atoms with Crippen molar-refractivity contribution in [2.24, 2.45) is 0 Å². The van der Waals surface area contributed by atoms with E-state index < -0.39 is 42.9 Å². The molecule has 21 heavy (non-hydrogen) atoms. The van der Waals surface area contributed by atoms with E-state index in [1.54, 1.807) is 0 Å². The molecule has 0 rings (SSSR count). The molecule has 0 amide bonds. The van der Waals surface area contributed by atoms with E-state index in [-0.39, 0.29) is 6.08 Å². The van der Waals surface area contributed by atoms with Gasteiger partial charge in [0.05, 0.1) is 13.0 Å². The van der Waals surface area contributed by atoms with Crippen molar-refractivity contribution in [3.8, 4) is 0 Å². The van der Waals surface area contributed by atoms with E-state index in [9.17, 15) is 35.9 Å². The molecule has 120 valence electrons. The lowest BCUT2D eigenvalue weighted by Crippen LogP contribution is -2.56. The van der Waals surface area contributed by atoms with Crippen molar-refractivity contribution in [2.45, 2.75) is 24.4 Å². The van der Waals surface area contributed by atoms with Crippen LogP contribution in [0.4, 0.5) is 26.3 Å². The highest BCUT2D eigenvalue weighted by Gasteiger charge is 2.74. The van der Waals surface area contributed by atoms with Gasteiger partial charge in [0.1, 0.15) is 0 Å². The number of esters is 2. The topological polar surface area (TPSA) is 52.6 Å². The quantitative estimate of drug-likeness (QED) is 0.392. The Morgan fingerprint density at radius 2 is 1.43 bits per heavy atom. The van der Waals surface area contributed by atoms with Crippen LogP contribution in [0.25, 0.3) is 0 Å². The van der Waals surface area contributed by atoms with Crippen molar-refractivity contribution in [2.75, 3.05) is 6.61 Å². The molecule has 0 aliphatic rings. The van der Waals surface area contributed by atoms with Gasteiger partial charge in [0.15, 0.2) is 0 Å². The van der Waals surface area contributed by atoms with Crippen LogP contribution in [-0.4, -0.2) is 36.5 Å². The van der Waals surface area contributed by atoms with Crippen LogP contribution in [0.15, 0.2) is 25.3 Å². The van der Waals surface area contributed by atoms with Crippen molar-refractivity contribution in [1.82, 2.24) is 0 Å². The van der Waals surface area contributed by atoms with E-state index in [2.05, 4.69) is 22.6 Å². The number of ether oxygens (including phenoxy) is 2. The third-order valence-electron chi connectivity index (χ3n) is 2.05. The molecule has 0 spiro atoms. The molecule has 0 atom stereocenters. The Labute approximate surface area is 115 Å². The van der Waals surface area contributed by atoms with E-state index in [0.717, 1.165) is 0 Å². The Balaban J connectivity index is 4.99. The summed E-state index contributed by atoms with van der Waals surface area (Å²) in [5.41, 5.74) is 0. The first-order valence-electron chi connectivity index (χ1n) is 5.19. The van der Waals surface area contributed by atoms with Gasteiger partial charge >= 0.3 is 29.9 Å². The molecular weight excluding hydrogens is 310 g/mol. The molecule has 0 aliphatic carbocycles. The maximum atomic E-state index is 13.1. The van der Waals surface area contributed by atoms with Crippen molar-refractivity contribution >= 4 is 11.9 Å². The van der Waals surface area contributed by atoms with Gasteiger partial charge in [-0.05, 0) is 0 Å². The normalized spacial score (nSPS) is 12.5. The van der Waals surface area contributed by atoms with Crippen molar-refractivity contribution in [1.29, 1.82) is 0 Å². The Hall–Kier alpha value is -2.00. The average Bonchev–Trinajstić information content (AvgIpc) is 2.37. The zero-order chi connectivity index (χ0) is 16.9. The number of rotatable bonds is 8. The predicted molar refractivity (Wildman–Crippen MR) is 56.9 cm³/mol. The van der Waals surface area contributed by atoms with Crippen molar-refractivity contribution < 1.29 is 45.4 Å². The van der Waals surface area contributed by atoms with E-state index >= 15 is 0 Å². The highest BCUT2D eigenvalue weighted by molar-refractivity contribution is 5.81. The van der Waals surface area contributed by atoms with Crippen LogP contribution in [-0.2, 0) is 19.1 Å². The summed E-state index contributed by atoms with van der Waals surface area (Å²) < 4.78 is 85.3. The third kappa shape index (κ3) is 4.50. The second-order valence-corrected chi connectivity index (χ2v) is 3.54. The summed E-state index contributed by atoms with van der Waals surface area (Å²) in [6, 6.07) is 0. The average molecular weight is 320 g/mol. The SMILES string of the molecule is C=CC(=O)OCCC(F)(F)C(F)(F)C(F)(F)OC(=O)C=C. The van der Waals surface area contributed by atoms with Gasteiger partial charge in [-0.15, -0.1) is 0 Å². The number of alkyl halides is 6. The fourth-order valence-corrected chi connectivity index (χ4v) is 0.941. The van der Waals surface area contributed by atoms with Gasteiger partial charge < -0.3 is 9.47 Å². The molecule has 10 heteroatoms. The summed E-state index contributed by atoms with van der Waals surface area (Å²) in [5.74, 6) is -14.5. The summed E-state index contributed by atoms with van der Waals surface area (Å²) in [4.78, 5) is 21.0. The molecule has 0 N–H and O–H groups in total. The predicted octanol–water partition coefficient (Wildman–Crippen LogP) is 2.70. The van der Waals surface area contributed by atoms with E-state index in [1.807, 2.05) is 0 Å². The van der Waals surface area contributed by atoms with Crippen LogP contribution >= 0.6 is 0 Å². The minimum atomic E-state index is -6.01. The molecule has 4 nitrogen and oxygen atoms in total. The van der Waals surface area contributed by atoms with Crippen LogP contribution in [0.2, 0.25) is 0 Å². The molecule has 0 aromatic rings. The molecule has 0 aromatic heterocycles. The highest BCUT2D eigenvalue weighted by Crippen LogP contribution is 2.47. The summed E-state index contributed by atoms with van der Waals surface area (Å²) in [7, 11) is 0. The number of hydrogen-bond donors (Lipinski definition) is 0. The van der Waals surface area contributed by atoms with Crippen LogP contribution in [0.5, 0.6) is 0 Å². The standard InChI is InChI=1S/C11H10F6O4/c1-3-7(18)20-6-5-9(12,13)10(14,15)11(16,17)21-8(19)4-2/h3-4H,1-2,5-6H2. The largest absolute Gasteiger partial charge is 0.473 e. The Morgan fingerprint density at radius 3 is 1.86 bits per heavy atom. The molecule has 0 radical (unpaired) electrons. The van der Waals surface area contributed by atoms with Gasteiger partial charge in [0, 0.05) is 12.2 Å². The van der Waals surface area contributed by atoms with Crippen molar-refractivity contribution in [3.63, 3.8) is 0 Å². The fraction of sp³-hybridized carbons (Fsp3) is 0.455. The molecule has 0 unspecified atom stereocenters. The molecule has 0 saturated carbocycles. The van der Waals surface area contributed by atoms with Crippen LogP contribution < -0.4 is 0 Å². The second kappa shape index (κ2) is 6.64. The third-order valence-corrected chi connectivity index (χ3v) is 2.05. The van der Waals surface area contributed by atoms with Gasteiger partial charge in [-0.25, -0.2) is 9.59 Å². The van der Waals surface area contributed by atoms with Gasteiger partial charge in [-0.3, -0.25) is 0 Å². The number of halogens is 6. The number of hydrogen-bond acceptors (Lipinski definition) is 4. The van der Waals surface area contributed by atoms with E-state index in [1.165, 1.54) is 0 Å². The summed E-state index contributed by atoms with van der Waals surface area (Å²) in [6.07, 6.45) is -7.02. The summed E-state index contributed by atoms with van der Waals surface area (Å²) >= 11 is 0. The molecule has 0 heterocycles. The fourth-order valence-electron chi connectivity index (χ4n) is 0.941. The Kier molecular flexibility index (Phi) is 6.00. The maximum Gasteiger partial charge on any atom is 0.473 e. The maximum absolute atomic E-state index is 13.1. The molecule has 0 saturated heterocycles. The smallest absolute Gasteiger partial charge is 0.462 e. The summed E-state index contributed by atoms with van der Waals surface area (Å²) in [6.45, 7) is 4.30. The van der Waals surface area contributed by atoms with Crippen LogP contribution in [0, 0.1) is 0 Å².